The van der Waals surface area contributed by atoms with Gasteiger partial charge < -0.3 is 15.1 Å². The van der Waals surface area contributed by atoms with Crippen LogP contribution in [0.4, 0.5) is 0 Å². The average Bonchev–Trinajstić information content (AvgIpc) is 3.01. The minimum Gasteiger partial charge on any atom is -0.467 e. The van der Waals surface area contributed by atoms with Gasteiger partial charge in [-0.1, -0.05) is 18.2 Å². The number of rotatable bonds is 6. The Morgan fingerprint density at radius 1 is 1.14 bits per heavy atom. The van der Waals surface area contributed by atoms with Gasteiger partial charge in [0.15, 0.2) is 5.96 Å². The smallest absolute Gasteiger partial charge is 0.191 e. The first-order chi connectivity index (χ1) is 9.88. The number of hydrogen-bond acceptors (Lipinski definition) is 3. The molecular formula is C15H20IN3OS. The summed E-state index contributed by atoms with van der Waals surface area (Å²) < 4.78 is 5.26. The van der Waals surface area contributed by atoms with E-state index in [0.29, 0.717) is 6.54 Å². The summed E-state index contributed by atoms with van der Waals surface area (Å²) in [7, 11) is 1.77. The van der Waals surface area contributed by atoms with Gasteiger partial charge in [0.2, 0.25) is 0 Å². The fourth-order valence-corrected chi connectivity index (χ4v) is 2.45. The molecule has 0 saturated heterocycles. The Kier molecular flexibility index (Phi) is 9.00. The van der Waals surface area contributed by atoms with E-state index in [-0.39, 0.29) is 24.0 Å². The highest BCUT2D eigenvalue weighted by atomic mass is 127. The van der Waals surface area contributed by atoms with Gasteiger partial charge in [0.25, 0.3) is 0 Å². The molecule has 1 heterocycles. The molecule has 1 aromatic heterocycles. The van der Waals surface area contributed by atoms with Crippen LogP contribution in [0, 0.1) is 0 Å². The Bertz CT molecular complexity index is 517. The topological polar surface area (TPSA) is 49.6 Å². The van der Waals surface area contributed by atoms with Crippen LogP contribution in [0.5, 0.6) is 0 Å². The van der Waals surface area contributed by atoms with Gasteiger partial charge in [0.1, 0.15) is 5.76 Å². The Labute approximate surface area is 146 Å². The first kappa shape index (κ1) is 17.9. The molecule has 0 radical (unpaired) electrons. The van der Waals surface area contributed by atoms with E-state index in [1.807, 2.05) is 30.0 Å². The van der Waals surface area contributed by atoms with Crippen molar-refractivity contribution in [3.63, 3.8) is 0 Å². The molecule has 2 N–H and O–H groups in total. The molecule has 2 aromatic rings. The minimum atomic E-state index is 0. The number of nitrogens with one attached hydrogen (secondary N) is 2. The number of aliphatic imine (C=N–C) groups is 1. The van der Waals surface area contributed by atoms with Crippen LogP contribution in [0.1, 0.15) is 5.76 Å². The summed E-state index contributed by atoms with van der Waals surface area (Å²) >= 11 is 1.82. The molecule has 6 heteroatoms. The number of nitrogens with zero attached hydrogens (tertiary/aromatic N) is 1. The molecule has 0 atom stereocenters. The first-order valence-corrected chi connectivity index (χ1v) is 7.52. The van der Waals surface area contributed by atoms with E-state index in [1.54, 1.807) is 13.3 Å². The molecule has 0 unspecified atom stereocenters. The van der Waals surface area contributed by atoms with E-state index < -0.39 is 0 Å². The molecule has 0 aliphatic carbocycles. The summed E-state index contributed by atoms with van der Waals surface area (Å²) in [6, 6.07) is 14.2. The number of halogens is 1. The lowest BCUT2D eigenvalue weighted by Crippen LogP contribution is -2.37. The maximum atomic E-state index is 5.26. The summed E-state index contributed by atoms with van der Waals surface area (Å²) in [6.45, 7) is 1.50. The molecule has 114 valence electrons. The predicted octanol–water partition coefficient (Wildman–Crippen LogP) is 3.35. The maximum Gasteiger partial charge on any atom is 0.191 e. The summed E-state index contributed by atoms with van der Waals surface area (Å²) in [5.74, 6) is 2.67. The van der Waals surface area contributed by atoms with Crippen molar-refractivity contribution in [3.05, 3.63) is 54.5 Å². The molecule has 0 spiro atoms. The normalized spacial score (nSPS) is 10.8. The minimum absolute atomic E-state index is 0. The predicted molar refractivity (Wildman–Crippen MR) is 99.5 cm³/mol. The van der Waals surface area contributed by atoms with Crippen LogP contribution in [0.3, 0.4) is 0 Å². The van der Waals surface area contributed by atoms with Gasteiger partial charge in [0, 0.05) is 24.2 Å². The number of hydrogen-bond donors (Lipinski definition) is 2. The Hall–Kier alpha value is -1.15. The second-order valence-corrected chi connectivity index (χ2v) is 5.26. The molecule has 0 fully saturated rings. The van der Waals surface area contributed by atoms with Crippen LogP contribution in [0.25, 0.3) is 0 Å². The second-order valence-electron chi connectivity index (χ2n) is 4.09. The van der Waals surface area contributed by atoms with E-state index in [1.165, 1.54) is 4.90 Å². The lowest BCUT2D eigenvalue weighted by Gasteiger charge is -2.10. The first-order valence-electron chi connectivity index (χ1n) is 6.53. The molecule has 0 saturated carbocycles. The standard InChI is InChI=1S/C15H19N3OS.HI/c1-16-15(18-12-13-6-5-10-19-13)17-9-11-20-14-7-3-2-4-8-14;/h2-8,10H,9,11-12H2,1H3,(H2,16,17,18);1H. The molecule has 1 aromatic carbocycles. The van der Waals surface area contributed by atoms with Crippen molar-refractivity contribution < 1.29 is 4.42 Å². The van der Waals surface area contributed by atoms with E-state index in [4.69, 9.17) is 4.42 Å². The van der Waals surface area contributed by atoms with Crippen molar-refractivity contribution in [3.8, 4) is 0 Å². The quantitative estimate of drug-likeness (QED) is 0.249. The van der Waals surface area contributed by atoms with Gasteiger partial charge in [-0.05, 0) is 24.3 Å². The Morgan fingerprint density at radius 3 is 2.62 bits per heavy atom. The average molecular weight is 417 g/mol. The van der Waals surface area contributed by atoms with Crippen molar-refractivity contribution in [2.45, 2.75) is 11.4 Å². The van der Waals surface area contributed by atoms with Crippen molar-refractivity contribution in [1.29, 1.82) is 0 Å². The Balaban J connectivity index is 0.00000220. The van der Waals surface area contributed by atoms with Crippen LogP contribution in [0.15, 0.2) is 63.0 Å². The number of guanidine groups is 1. The summed E-state index contributed by atoms with van der Waals surface area (Å²) in [5.41, 5.74) is 0. The van der Waals surface area contributed by atoms with Gasteiger partial charge in [-0.25, -0.2) is 0 Å². The summed E-state index contributed by atoms with van der Waals surface area (Å²) in [6.07, 6.45) is 1.67. The molecule has 21 heavy (non-hydrogen) atoms. The van der Waals surface area contributed by atoms with E-state index in [9.17, 15) is 0 Å². The van der Waals surface area contributed by atoms with Crippen molar-refractivity contribution in [1.82, 2.24) is 10.6 Å². The zero-order valence-corrected chi connectivity index (χ0v) is 15.1. The number of thioether (sulfide) groups is 1. The van der Waals surface area contributed by atoms with Crippen LogP contribution in [-0.4, -0.2) is 25.3 Å². The number of benzene rings is 1. The van der Waals surface area contributed by atoms with Gasteiger partial charge in [-0.15, -0.1) is 35.7 Å². The van der Waals surface area contributed by atoms with Crippen LogP contribution < -0.4 is 10.6 Å². The fraction of sp³-hybridized carbons (Fsp3) is 0.267. The second kappa shape index (κ2) is 10.6. The van der Waals surface area contributed by atoms with E-state index >= 15 is 0 Å². The van der Waals surface area contributed by atoms with Crippen molar-refractivity contribution in [2.75, 3.05) is 19.3 Å². The van der Waals surface area contributed by atoms with Gasteiger partial charge >= 0.3 is 0 Å². The highest BCUT2D eigenvalue weighted by molar-refractivity contribution is 14.0. The molecular weight excluding hydrogens is 397 g/mol. The summed E-state index contributed by atoms with van der Waals surface area (Å²) in [4.78, 5) is 5.46. The van der Waals surface area contributed by atoms with Crippen LogP contribution in [-0.2, 0) is 6.54 Å². The molecule has 0 aliphatic rings. The SMILES string of the molecule is CN=C(NCCSc1ccccc1)NCc1ccco1.I. The largest absolute Gasteiger partial charge is 0.467 e. The highest BCUT2D eigenvalue weighted by Gasteiger charge is 1.99. The third kappa shape index (κ3) is 6.90. The third-order valence-corrected chi connectivity index (χ3v) is 3.65. The zero-order chi connectivity index (χ0) is 14.0. The maximum absolute atomic E-state index is 5.26. The van der Waals surface area contributed by atoms with Gasteiger partial charge in [-0.2, -0.15) is 0 Å². The molecule has 0 aliphatic heterocycles. The third-order valence-electron chi connectivity index (χ3n) is 2.64. The fourth-order valence-electron chi connectivity index (χ4n) is 1.66. The molecule has 0 bridgehead atoms. The number of furan rings is 1. The summed E-state index contributed by atoms with van der Waals surface area (Å²) in [5, 5.41) is 6.48. The van der Waals surface area contributed by atoms with E-state index in [2.05, 4.69) is 39.9 Å². The molecule has 2 rings (SSSR count). The zero-order valence-electron chi connectivity index (χ0n) is 11.9. The highest BCUT2D eigenvalue weighted by Crippen LogP contribution is 2.15. The van der Waals surface area contributed by atoms with Crippen molar-refractivity contribution >= 4 is 41.7 Å². The lowest BCUT2D eigenvalue weighted by molar-refractivity contribution is 0.501. The van der Waals surface area contributed by atoms with E-state index in [0.717, 1.165) is 24.0 Å². The molecule has 0 amide bonds. The van der Waals surface area contributed by atoms with Crippen LogP contribution in [0.2, 0.25) is 0 Å². The monoisotopic (exact) mass is 417 g/mol. The van der Waals surface area contributed by atoms with Gasteiger partial charge in [0.05, 0.1) is 12.8 Å². The van der Waals surface area contributed by atoms with Gasteiger partial charge in [-0.3, -0.25) is 4.99 Å². The Morgan fingerprint density at radius 2 is 1.95 bits per heavy atom. The lowest BCUT2D eigenvalue weighted by atomic mass is 10.4. The van der Waals surface area contributed by atoms with Crippen molar-refractivity contribution in [2.24, 2.45) is 4.99 Å². The molecule has 4 nitrogen and oxygen atoms in total. The van der Waals surface area contributed by atoms with Crippen LogP contribution >= 0.6 is 35.7 Å².